The number of rotatable bonds is 5. The number of nitrogens with zero attached hydrogens (tertiary/aromatic N) is 1. The molecule has 15 heavy (non-hydrogen) atoms. The SMILES string of the molecule is CCNC(=O)CNc1ccc(OC)cn1. The number of carbonyl (C=O) groups excluding carboxylic acids is 1. The normalized spacial score (nSPS) is 9.47. The summed E-state index contributed by atoms with van der Waals surface area (Å²) in [6.45, 7) is 2.74. The topological polar surface area (TPSA) is 63.2 Å². The molecule has 0 unspecified atom stereocenters. The Morgan fingerprint density at radius 2 is 2.33 bits per heavy atom. The molecule has 0 aliphatic rings. The largest absolute Gasteiger partial charge is 0.495 e. The van der Waals surface area contributed by atoms with Gasteiger partial charge in [0.15, 0.2) is 0 Å². The van der Waals surface area contributed by atoms with E-state index >= 15 is 0 Å². The molecular weight excluding hydrogens is 194 g/mol. The van der Waals surface area contributed by atoms with Crippen LogP contribution in [0, 0.1) is 0 Å². The fourth-order valence-corrected chi connectivity index (χ4v) is 1.04. The lowest BCUT2D eigenvalue weighted by Crippen LogP contribution is -2.29. The number of hydrogen-bond acceptors (Lipinski definition) is 4. The molecule has 82 valence electrons. The van der Waals surface area contributed by atoms with Gasteiger partial charge in [-0.1, -0.05) is 0 Å². The Bertz CT molecular complexity index is 311. The van der Waals surface area contributed by atoms with E-state index in [1.54, 1.807) is 25.4 Å². The lowest BCUT2D eigenvalue weighted by Gasteiger charge is -2.05. The highest BCUT2D eigenvalue weighted by Gasteiger charge is 1.99. The molecule has 1 amide bonds. The number of anilines is 1. The second-order valence-electron chi connectivity index (χ2n) is 2.89. The van der Waals surface area contributed by atoms with E-state index in [9.17, 15) is 4.79 Å². The summed E-state index contributed by atoms with van der Waals surface area (Å²) in [5.41, 5.74) is 0. The van der Waals surface area contributed by atoms with Crippen molar-refractivity contribution in [2.24, 2.45) is 0 Å². The number of likely N-dealkylation sites (N-methyl/N-ethyl adjacent to an activating group) is 1. The molecule has 1 aromatic heterocycles. The zero-order valence-electron chi connectivity index (χ0n) is 8.91. The fourth-order valence-electron chi connectivity index (χ4n) is 1.04. The summed E-state index contributed by atoms with van der Waals surface area (Å²) in [5, 5.41) is 5.59. The second kappa shape index (κ2) is 5.85. The van der Waals surface area contributed by atoms with E-state index in [1.165, 1.54) is 0 Å². The molecule has 2 N–H and O–H groups in total. The smallest absolute Gasteiger partial charge is 0.239 e. The average molecular weight is 209 g/mol. The third kappa shape index (κ3) is 3.84. The van der Waals surface area contributed by atoms with Crippen molar-refractivity contribution in [3.05, 3.63) is 18.3 Å². The number of hydrogen-bond donors (Lipinski definition) is 2. The zero-order chi connectivity index (χ0) is 11.1. The van der Waals surface area contributed by atoms with Crippen LogP contribution in [-0.4, -0.2) is 31.1 Å². The van der Waals surface area contributed by atoms with Crippen molar-refractivity contribution in [3.8, 4) is 5.75 Å². The number of nitrogens with one attached hydrogen (secondary N) is 2. The highest BCUT2D eigenvalue weighted by Crippen LogP contribution is 2.10. The predicted molar refractivity (Wildman–Crippen MR) is 58.0 cm³/mol. The molecule has 0 fully saturated rings. The Morgan fingerprint density at radius 1 is 1.53 bits per heavy atom. The maximum absolute atomic E-state index is 11.1. The zero-order valence-corrected chi connectivity index (χ0v) is 8.91. The molecule has 0 bridgehead atoms. The van der Waals surface area contributed by atoms with Gasteiger partial charge in [-0.3, -0.25) is 4.79 Å². The fraction of sp³-hybridized carbons (Fsp3) is 0.400. The third-order valence-corrected chi connectivity index (χ3v) is 1.78. The van der Waals surface area contributed by atoms with E-state index in [2.05, 4.69) is 15.6 Å². The van der Waals surface area contributed by atoms with Crippen molar-refractivity contribution in [2.45, 2.75) is 6.92 Å². The molecule has 1 aromatic rings. The lowest BCUT2D eigenvalue weighted by atomic mass is 10.4. The average Bonchev–Trinajstić information content (AvgIpc) is 2.27. The molecule has 1 heterocycles. The van der Waals surface area contributed by atoms with Crippen LogP contribution in [0.4, 0.5) is 5.82 Å². The van der Waals surface area contributed by atoms with Crippen LogP contribution >= 0.6 is 0 Å². The van der Waals surface area contributed by atoms with E-state index in [4.69, 9.17) is 4.74 Å². The standard InChI is InChI=1S/C10H15N3O2/c1-3-11-10(14)7-13-9-5-4-8(15-2)6-12-9/h4-6H,3,7H2,1-2H3,(H,11,14)(H,12,13). The maximum Gasteiger partial charge on any atom is 0.239 e. The van der Waals surface area contributed by atoms with Crippen LogP contribution in [0.15, 0.2) is 18.3 Å². The Hall–Kier alpha value is -1.78. The van der Waals surface area contributed by atoms with Crippen LogP contribution in [0.5, 0.6) is 5.75 Å². The minimum Gasteiger partial charge on any atom is -0.495 e. The molecule has 0 aliphatic heterocycles. The van der Waals surface area contributed by atoms with Gasteiger partial charge < -0.3 is 15.4 Å². The lowest BCUT2D eigenvalue weighted by molar-refractivity contribution is -0.119. The molecule has 0 spiro atoms. The molecule has 0 saturated carbocycles. The van der Waals surface area contributed by atoms with E-state index < -0.39 is 0 Å². The summed E-state index contributed by atoms with van der Waals surface area (Å²) in [4.78, 5) is 15.2. The minimum absolute atomic E-state index is 0.0462. The molecule has 0 aromatic carbocycles. The monoisotopic (exact) mass is 209 g/mol. The first-order chi connectivity index (χ1) is 7.26. The first-order valence-corrected chi connectivity index (χ1v) is 4.77. The van der Waals surface area contributed by atoms with Crippen molar-refractivity contribution >= 4 is 11.7 Å². The number of amides is 1. The van der Waals surface area contributed by atoms with Crippen molar-refractivity contribution in [2.75, 3.05) is 25.5 Å². The molecule has 5 nitrogen and oxygen atoms in total. The Kier molecular flexibility index (Phi) is 4.40. The van der Waals surface area contributed by atoms with Crippen LogP contribution in [0.2, 0.25) is 0 Å². The van der Waals surface area contributed by atoms with Crippen LogP contribution in [0.25, 0.3) is 0 Å². The second-order valence-corrected chi connectivity index (χ2v) is 2.89. The van der Waals surface area contributed by atoms with Gasteiger partial charge in [-0.25, -0.2) is 4.98 Å². The molecule has 5 heteroatoms. The summed E-state index contributed by atoms with van der Waals surface area (Å²) in [6.07, 6.45) is 1.60. The summed E-state index contributed by atoms with van der Waals surface area (Å²) in [6, 6.07) is 3.55. The number of aromatic nitrogens is 1. The van der Waals surface area contributed by atoms with Gasteiger partial charge in [-0.05, 0) is 19.1 Å². The molecule has 0 atom stereocenters. The molecule has 0 aliphatic carbocycles. The Morgan fingerprint density at radius 3 is 2.87 bits per heavy atom. The van der Waals surface area contributed by atoms with E-state index in [-0.39, 0.29) is 12.5 Å². The van der Waals surface area contributed by atoms with Crippen molar-refractivity contribution in [1.29, 1.82) is 0 Å². The first kappa shape index (κ1) is 11.3. The number of methoxy groups -OCH3 is 1. The molecule has 1 rings (SSSR count). The minimum atomic E-state index is -0.0462. The maximum atomic E-state index is 11.1. The van der Waals surface area contributed by atoms with Crippen LogP contribution < -0.4 is 15.4 Å². The summed E-state index contributed by atoms with van der Waals surface area (Å²) in [7, 11) is 1.58. The van der Waals surface area contributed by atoms with Crippen molar-refractivity contribution in [1.82, 2.24) is 10.3 Å². The van der Waals surface area contributed by atoms with Gasteiger partial charge in [0.05, 0.1) is 19.9 Å². The van der Waals surface area contributed by atoms with Gasteiger partial charge >= 0.3 is 0 Å². The van der Waals surface area contributed by atoms with Gasteiger partial charge in [0.1, 0.15) is 11.6 Å². The van der Waals surface area contributed by atoms with Crippen molar-refractivity contribution < 1.29 is 9.53 Å². The van der Waals surface area contributed by atoms with E-state index in [0.717, 1.165) is 0 Å². The number of ether oxygens (including phenoxy) is 1. The Labute approximate surface area is 88.9 Å². The third-order valence-electron chi connectivity index (χ3n) is 1.78. The quantitative estimate of drug-likeness (QED) is 0.747. The highest BCUT2D eigenvalue weighted by molar-refractivity contribution is 5.80. The van der Waals surface area contributed by atoms with Crippen molar-refractivity contribution in [3.63, 3.8) is 0 Å². The molecule has 0 saturated heterocycles. The van der Waals surface area contributed by atoms with E-state index in [1.807, 2.05) is 6.92 Å². The summed E-state index contributed by atoms with van der Waals surface area (Å²) < 4.78 is 4.96. The van der Waals surface area contributed by atoms with Crippen LogP contribution in [0.1, 0.15) is 6.92 Å². The summed E-state index contributed by atoms with van der Waals surface area (Å²) in [5.74, 6) is 1.30. The molecular formula is C10H15N3O2. The van der Waals surface area contributed by atoms with Gasteiger partial charge in [0, 0.05) is 6.54 Å². The first-order valence-electron chi connectivity index (χ1n) is 4.77. The van der Waals surface area contributed by atoms with Gasteiger partial charge in [-0.2, -0.15) is 0 Å². The van der Waals surface area contributed by atoms with E-state index in [0.29, 0.717) is 18.1 Å². The highest BCUT2D eigenvalue weighted by atomic mass is 16.5. The van der Waals surface area contributed by atoms with Crippen LogP contribution in [-0.2, 0) is 4.79 Å². The van der Waals surface area contributed by atoms with Crippen LogP contribution in [0.3, 0.4) is 0 Å². The van der Waals surface area contributed by atoms with Gasteiger partial charge in [0.2, 0.25) is 5.91 Å². The summed E-state index contributed by atoms with van der Waals surface area (Å²) >= 11 is 0. The predicted octanol–water partition coefficient (Wildman–Crippen LogP) is 0.638. The van der Waals surface area contributed by atoms with Gasteiger partial charge in [0.25, 0.3) is 0 Å². The number of pyridine rings is 1. The molecule has 0 radical (unpaired) electrons. The number of carbonyl (C=O) groups is 1. The Balaban J connectivity index is 2.40. The van der Waals surface area contributed by atoms with Gasteiger partial charge in [-0.15, -0.1) is 0 Å².